The van der Waals surface area contributed by atoms with Crippen molar-refractivity contribution in [3.63, 3.8) is 0 Å². The molecule has 1 aromatic rings. The molecule has 0 fully saturated rings. The fraction of sp³-hybridized carbons (Fsp3) is 0.500. The number of hydrogen-bond donors (Lipinski definition) is 2. The Labute approximate surface area is 126 Å². The Morgan fingerprint density at radius 1 is 1.14 bits per heavy atom. The molecule has 2 N–H and O–H groups in total. The predicted molar refractivity (Wildman–Crippen MR) is 83.8 cm³/mol. The van der Waals surface area contributed by atoms with Crippen LogP contribution in [0.5, 0.6) is 0 Å². The average Bonchev–Trinajstić information content (AvgIpc) is 2.44. The van der Waals surface area contributed by atoms with Gasteiger partial charge in [-0.05, 0) is 39.3 Å². The molecule has 0 atom stereocenters. The molecule has 1 rings (SSSR count). The molecule has 0 heterocycles. The summed E-state index contributed by atoms with van der Waals surface area (Å²) in [5.41, 5.74) is 2.67. The third-order valence-corrected chi connectivity index (χ3v) is 2.92. The van der Waals surface area contributed by atoms with E-state index in [2.05, 4.69) is 17.7 Å². The Morgan fingerprint density at radius 3 is 2.29 bits per heavy atom. The summed E-state index contributed by atoms with van der Waals surface area (Å²) < 4.78 is 0. The second-order valence-corrected chi connectivity index (χ2v) is 5.90. The lowest BCUT2D eigenvalue weighted by Crippen LogP contribution is -2.58. The molecule has 1 aromatic carbocycles. The largest absolute Gasteiger partial charge is 0.337 e. The lowest BCUT2D eigenvalue weighted by molar-refractivity contribution is 0.0450. The van der Waals surface area contributed by atoms with Crippen molar-refractivity contribution in [2.75, 3.05) is 6.54 Å². The SMILES string of the molecule is CCCCNC(=O)NN(C(=O)c1ccccc1)C(C)(C)C. The highest BCUT2D eigenvalue weighted by molar-refractivity contribution is 5.95. The van der Waals surface area contributed by atoms with Crippen LogP contribution in [0.4, 0.5) is 4.79 Å². The zero-order chi connectivity index (χ0) is 15.9. The molecule has 5 heteroatoms. The van der Waals surface area contributed by atoms with Gasteiger partial charge in [0.1, 0.15) is 0 Å². The zero-order valence-corrected chi connectivity index (χ0v) is 13.3. The normalized spacial score (nSPS) is 10.9. The minimum atomic E-state index is -0.519. The number of hydrogen-bond acceptors (Lipinski definition) is 2. The van der Waals surface area contributed by atoms with Crippen LogP contribution in [0.3, 0.4) is 0 Å². The number of hydrazine groups is 1. The Morgan fingerprint density at radius 2 is 1.76 bits per heavy atom. The number of carbonyl (C=O) groups excluding carboxylic acids is 2. The number of amides is 3. The number of urea groups is 1. The summed E-state index contributed by atoms with van der Waals surface area (Å²) >= 11 is 0. The Balaban J connectivity index is 2.78. The van der Waals surface area contributed by atoms with Crippen molar-refractivity contribution in [3.05, 3.63) is 35.9 Å². The van der Waals surface area contributed by atoms with Gasteiger partial charge in [0, 0.05) is 12.1 Å². The quantitative estimate of drug-likeness (QED) is 0.662. The van der Waals surface area contributed by atoms with Crippen LogP contribution in [0.2, 0.25) is 0 Å². The van der Waals surface area contributed by atoms with E-state index < -0.39 is 5.54 Å². The summed E-state index contributed by atoms with van der Waals surface area (Å²) in [6.07, 6.45) is 1.92. The molecule has 0 saturated carbocycles. The van der Waals surface area contributed by atoms with Crippen LogP contribution in [-0.2, 0) is 0 Å². The van der Waals surface area contributed by atoms with Crippen LogP contribution < -0.4 is 10.7 Å². The van der Waals surface area contributed by atoms with Gasteiger partial charge < -0.3 is 5.32 Å². The summed E-state index contributed by atoms with van der Waals surface area (Å²) in [6.45, 7) is 8.28. The molecule has 0 aromatic heterocycles. The summed E-state index contributed by atoms with van der Waals surface area (Å²) in [6, 6.07) is 8.56. The van der Waals surface area contributed by atoms with Gasteiger partial charge in [0.2, 0.25) is 0 Å². The van der Waals surface area contributed by atoms with E-state index in [1.54, 1.807) is 24.3 Å². The van der Waals surface area contributed by atoms with Gasteiger partial charge in [-0.2, -0.15) is 0 Å². The molecular formula is C16H25N3O2. The number of carbonyl (C=O) groups is 2. The van der Waals surface area contributed by atoms with E-state index in [1.165, 1.54) is 5.01 Å². The summed E-state index contributed by atoms with van der Waals surface area (Å²) in [5, 5.41) is 4.11. The molecule has 0 saturated heterocycles. The van der Waals surface area contributed by atoms with E-state index >= 15 is 0 Å². The van der Waals surface area contributed by atoms with Crippen molar-refractivity contribution < 1.29 is 9.59 Å². The van der Waals surface area contributed by atoms with E-state index in [-0.39, 0.29) is 11.9 Å². The van der Waals surface area contributed by atoms with Crippen LogP contribution in [0.15, 0.2) is 30.3 Å². The second kappa shape index (κ2) is 7.67. The van der Waals surface area contributed by atoms with E-state index in [1.807, 2.05) is 26.8 Å². The molecule has 0 unspecified atom stereocenters. The van der Waals surface area contributed by atoms with Crippen LogP contribution >= 0.6 is 0 Å². The van der Waals surface area contributed by atoms with E-state index in [0.717, 1.165) is 12.8 Å². The van der Waals surface area contributed by atoms with Crippen LogP contribution in [-0.4, -0.2) is 29.0 Å². The monoisotopic (exact) mass is 291 g/mol. The molecule has 0 spiro atoms. The lowest BCUT2D eigenvalue weighted by Gasteiger charge is -2.35. The molecule has 0 bridgehead atoms. The third-order valence-electron chi connectivity index (χ3n) is 2.92. The van der Waals surface area contributed by atoms with Gasteiger partial charge >= 0.3 is 6.03 Å². The standard InChI is InChI=1S/C16H25N3O2/c1-5-6-12-17-15(21)18-19(16(2,3)4)14(20)13-10-8-7-9-11-13/h7-11H,5-6,12H2,1-4H3,(H2,17,18,21). The first-order chi connectivity index (χ1) is 9.86. The van der Waals surface area contributed by atoms with Gasteiger partial charge in [0.25, 0.3) is 5.91 Å². The Hall–Kier alpha value is -2.04. The number of rotatable bonds is 4. The molecule has 0 aliphatic rings. The smallest absolute Gasteiger partial charge is 0.333 e. The first-order valence-electron chi connectivity index (χ1n) is 7.30. The van der Waals surface area contributed by atoms with Crippen molar-refractivity contribution in [2.24, 2.45) is 0 Å². The Bertz CT molecular complexity index is 466. The summed E-state index contributed by atoms with van der Waals surface area (Å²) in [4.78, 5) is 24.4. The number of nitrogens with zero attached hydrogens (tertiary/aromatic N) is 1. The van der Waals surface area contributed by atoms with Crippen LogP contribution in [0.25, 0.3) is 0 Å². The maximum atomic E-state index is 12.5. The second-order valence-electron chi connectivity index (χ2n) is 5.90. The highest BCUT2D eigenvalue weighted by Gasteiger charge is 2.29. The summed E-state index contributed by atoms with van der Waals surface area (Å²) in [5.74, 6) is -0.228. The minimum Gasteiger partial charge on any atom is -0.337 e. The highest BCUT2D eigenvalue weighted by atomic mass is 16.2. The summed E-state index contributed by atoms with van der Waals surface area (Å²) in [7, 11) is 0. The van der Waals surface area contributed by atoms with Crippen LogP contribution in [0, 0.1) is 0 Å². The van der Waals surface area contributed by atoms with Gasteiger partial charge in [-0.1, -0.05) is 31.5 Å². The first kappa shape index (κ1) is 17.0. The predicted octanol–water partition coefficient (Wildman–Crippen LogP) is 2.94. The topological polar surface area (TPSA) is 61.4 Å². The van der Waals surface area contributed by atoms with Crippen molar-refractivity contribution in [1.29, 1.82) is 0 Å². The van der Waals surface area contributed by atoms with Crippen molar-refractivity contribution in [3.8, 4) is 0 Å². The third kappa shape index (κ3) is 5.45. The van der Waals surface area contributed by atoms with Gasteiger partial charge in [-0.15, -0.1) is 0 Å². The van der Waals surface area contributed by atoms with E-state index in [4.69, 9.17) is 0 Å². The molecule has 0 aliphatic carbocycles. The van der Waals surface area contributed by atoms with Crippen LogP contribution in [0.1, 0.15) is 50.9 Å². The van der Waals surface area contributed by atoms with Crippen molar-refractivity contribution in [2.45, 2.75) is 46.1 Å². The van der Waals surface area contributed by atoms with E-state index in [0.29, 0.717) is 12.1 Å². The fourth-order valence-electron chi connectivity index (χ4n) is 1.75. The number of benzene rings is 1. The first-order valence-corrected chi connectivity index (χ1v) is 7.30. The highest BCUT2D eigenvalue weighted by Crippen LogP contribution is 2.14. The number of unbranched alkanes of at least 4 members (excludes halogenated alkanes) is 1. The zero-order valence-electron chi connectivity index (χ0n) is 13.3. The van der Waals surface area contributed by atoms with Gasteiger partial charge in [-0.25, -0.2) is 15.2 Å². The fourth-order valence-corrected chi connectivity index (χ4v) is 1.75. The molecule has 5 nitrogen and oxygen atoms in total. The maximum absolute atomic E-state index is 12.5. The van der Waals surface area contributed by atoms with Gasteiger partial charge in [-0.3, -0.25) is 4.79 Å². The lowest BCUT2D eigenvalue weighted by atomic mass is 10.1. The minimum absolute atomic E-state index is 0.228. The molecule has 116 valence electrons. The molecular weight excluding hydrogens is 266 g/mol. The van der Waals surface area contributed by atoms with Gasteiger partial charge in [0.15, 0.2) is 0 Å². The molecule has 0 aliphatic heterocycles. The number of nitrogens with one attached hydrogen (secondary N) is 2. The molecule has 21 heavy (non-hydrogen) atoms. The van der Waals surface area contributed by atoms with E-state index in [9.17, 15) is 9.59 Å². The molecule has 3 amide bonds. The van der Waals surface area contributed by atoms with Gasteiger partial charge in [0.05, 0.1) is 5.54 Å². The Kier molecular flexibility index (Phi) is 6.21. The van der Waals surface area contributed by atoms with Crippen molar-refractivity contribution >= 4 is 11.9 Å². The average molecular weight is 291 g/mol. The molecule has 0 radical (unpaired) electrons. The maximum Gasteiger partial charge on any atom is 0.333 e. The van der Waals surface area contributed by atoms with Crippen molar-refractivity contribution in [1.82, 2.24) is 15.8 Å².